The van der Waals surface area contributed by atoms with Gasteiger partial charge in [0, 0.05) is 12.8 Å². The third-order valence-corrected chi connectivity index (χ3v) is 18.5. The van der Waals surface area contributed by atoms with Crippen LogP contribution < -0.4 is 5.32 Å². The first-order chi connectivity index (χ1) is 42.0. The number of aliphatic hydroxyl groups excluding tert-OH is 2. The molecule has 2 atom stereocenters. The fourth-order valence-corrected chi connectivity index (χ4v) is 12.6. The molecule has 0 aliphatic rings. The molecule has 0 aliphatic carbocycles. The summed E-state index contributed by atoms with van der Waals surface area (Å²) in [6, 6.07) is -0.539. The maximum Gasteiger partial charge on any atom is 0.305 e. The van der Waals surface area contributed by atoms with E-state index < -0.39 is 12.1 Å². The summed E-state index contributed by atoms with van der Waals surface area (Å²) in [5, 5.41) is 23.4. The highest BCUT2D eigenvalue weighted by atomic mass is 16.5. The van der Waals surface area contributed by atoms with Gasteiger partial charge in [-0.3, -0.25) is 9.59 Å². The van der Waals surface area contributed by atoms with Gasteiger partial charge >= 0.3 is 5.97 Å². The van der Waals surface area contributed by atoms with Gasteiger partial charge in [-0.2, -0.15) is 0 Å². The van der Waals surface area contributed by atoms with Crippen LogP contribution in [0.4, 0.5) is 0 Å². The number of nitrogens with one attached hydrogen (secondary N) is 1. The van der Waals surface area contributed by atoms with Crippen LogP contribution in [-0.2, 0) is 14.3 Å². The van der Waals surface area contributed by atoms with Crippen molar-refractivity contribution in [3.05, 3.63) is 24.3 Å². The summed E-state index contributed by atoms with van der Waals surface area (Å²) in [6.45, 7) is 4.98. The molecule has 0 aromatic rings. The van der Waals surface area contributed by atoms with Crippen molar-refractivity contribution in [1.82, 2.24) is 5.32 Å². The van der Waals surface area contributed by atoms with Gasteiger partial charge in [0.25, 0.3) is 0 Å². The highest BCUT2D eigenvalue weighted by Crippen LogP contribution is 2.20. The number of rotatable bonds is 74. The van der Waals surface area contributed by atoms with Gasteiger partial charge in [-0.05, 0) is 57.8 Å². The first kappa shape index (κ1) is 83.3. The Morgan fingerprint density at radius 3 is 0.918 bits per heavy atom. The molecule has 0 fully saturated rings. The Balaban J connectivity index is 3.32. The molecule has 2 unspecified atom stereocenters. The quantitative estimate of drug-likeness (QED) is 0.0320. The fraction of sp³-hybridized carbons (Fsp3) is 0.924. The molecular formula is C79H153NO5. The van der Waals surface area contributed by atoms with Crippen molar-refractivity contribution in [1.29, 1.82) is 0 Å². The SMILES string of the molecule is CCCCC/C=C\C/C=C\CCCCCCCCCCCC(=O)OCCCCCCCCCCCCCCCCCCCCCCCCCCCCCCCCC(=O)NC(CO)C(O)CCCCCCCCCCCCCCCCCCCCC. The molecule has 3 N–H and O–H groups in total. The normalized spacial score (nSPS) is 12.6. The Morgan fingerprint density at radius 1 is 0.329 bits per heavy atom. The number of esters is 1. The minimum absolute atomic E-state index is 0.0174. The summed E-state index contributed by atoms with van der Waals surface area (Å²) in [5.41, 5.74) is 0. The van der Waals surface area contributed by atoms with Gasteiger partial charge in [0.1, 0.15) is 0 Å². The zero-order chi connectivity index (χ0) is 61.3. The van der Waals surface area contributed by atoms with E-state index in [1.807, 2.05) is 0 Å². The molecule has 0 radical (unpaired) electrons. The standard InChI is InChI=1S/C79H153NO5/c1-3-5-7-9-11-13-15-17-19-21-35-39-43-47-51-55-59-63-67-71-77(82)76(75-81)80-78(83)72-68-64-60-56-52-48-44-40-37-33-31-29-27-25-23-24-26-28-30-32-34-38-42-46-50-54-58-62-66-70-74-85-79(84)73-69-65-61-57-53-49-45-41-36-22-20-18-16-14-12-10-8-6-4-2/h12,14,18,20,76-77,81-82H,3-11,13,15-17,19,21-75H2,1-2H3,(H,80,83)/b14-12-,20-18-. The van der Waals surface area contributed by atoms with E-state index in [2.05, 4.69) is 43.5 Å². The van der Waals surface area contributed by atoms with Crippen molar-refractivity contribution >= 4 is 11.9 Å². The Kier molecular flexibility index (Phi) is 73.3. The number of ether oxygens (including phenoxy) is 1. The van der Waals surface area contributed by atoms with Crippen LogP contribution in [0.15, 0.2) is 24.3 Å². The largest absolute Gasteiger partial charge is 0.466 e. The maximum absolute atomic E-state index is 12.6. The van der Waals surface area contributed by atoms with Crippen molar-refractivity contribution < 1.29 is 24.5 Å². The molecule has 0 rings (SSSR count). The van der Waals surface area contributed by atoms with Gasteiger partial charge in [0.05, 0.1) is 25.4 Å². The van der Waals surface area contributed by atoms with Crippen molar-refractivity contribution in [2.24, 2.45) is 0 Å². The van der Waals surface area contributed by atoms with Gasteiger partial charge in [-0.1, -0.05) is 398 Å². The average Bonchev–Trinajstić information content (AvgIpc) is 3.51. The highest BCUT2D eigenvalue weighted by molar-refractivity contribution is 5.76. The van der Waals surface area contributed by atoms with Gasteiger partial charge in [0.2, 0.25) is 5.91 Å². The van der Waals surface area contributed by atoms with Crippen molar-refractivity contribution in [3.63, 3.8) is 0 Å². The van der Waals surface area contributed by atoms with Crippen LogP contribution in [0.3, 0.4) is 0 Å². The van der Waals surface area contributed by atoms with Gasteiger partial charge in [-0.25, -0.2) is 0 Å². The van der Waals surface area contributed by atoms with Crippen LogP contribution in [0.5, 0.6) is 0 Å². The van der Waals surface area contributed by atoms with E-state index in [0.717, 1.165) is 51.4 Å². The molecule has 0 heterocycles. The van der Waals surface area contributed by atoms with E-state index >= 15 is 0 Å². The molecule has 0 spiro atoms. The monoisotopic (exact) mass is 1200 g/mol. The summed E-state index contributed by atoms with van der Waals surface area (Å²) < 4.78 is 5.52. The van der Waals surface area contributed by atoms with Crippen molar-refractivity contribution in [2.45, 2.75) is 456 Å². The highest BCUT2D eigenvalue weighted by Gasteiger charge is 2.20. The van der Waals surface area contributed by atoms with E-state index in [0.29, 0.717) is 25.9 Å². The second kappa shape index (κ2) is 74.8. The van der Waals surface area contributed by atoms with Crippen LogP contribution >= 0.6 is 0 Å². The Morgan fingerprint density at radius 2 is 0.588 bits per heavy atom. The number of carbonyl (C=O) groups is 2. The van der Waals surface area contributed by atoms with E-state index in [9.17, 15) is 19.8 Å². The smallest absolute Gasteiger partial charge is 0.305 e. The maximum atomic E-state index is 12.6. The van der Waals surface area contributed by atoms with Gasteiger partial charge in [0.15, 0.2) is 0 Å². The molecular weight excluding hydrogens is 1040 g/mol. The molecule has 0 saturated carbocycles. The second-order valence-corrected chi connectivity index (χ2v) is 27.0. The molecule has 0 aromatic carbocycles. The minimum Gasteiger partial charge on any atom is -0.466 e. The number of hydrogen-bond donors (Lipinski definition) is 3. The van der Waals surface area contributed by atoms with E-state index in [-0.39, 0.29) is 18.5 Å². The Hall–Kier alpha value is -1.66. The molecule has 0 saturated heterocycles. The topological polar surface area (TPSA) is 95.9 Å². The molecule has 0 aliphatic heterocycles. The lowest BCUT2D eigenvalue weighted by molar-refractivity contribution is -0.143. The molecule has 0 aromatic heterocycles. The second-order valence-electron chi connectivity index (χ2n) is 27.0. The number of carbonyl (C=O) groups excluding carboxylic acids is 2. The third-order valence-electron chi connectivity index (χ3n) is 18.5. The van der Waals surface area contributed by atoms with E-state index in [4.69, 9.17) is 4.74 Å². The predicted octanol–water partition coefficient (Wildman–Crippen LogP) is 25.7. The fourth-order valence-electron chi connectivity index (χ4n) is 12.6. The predicted molar refractivity (Wildman–Crippen MR) is 375 cm³/mol. The van der Waals surface area contributed by atoms with Crippen molar-refractivity contribution in [2.75, 3.05) is 13.2 Å². The van der Waals surface area contributed by atoms with Crippen LogP contribution in [0.2, 0.25) is 0 Å². The van der Waals surface area contributed by atoms with Gasteiger partial charge in [-0.15, -0.1) is 0 Å². The summed E-state index contributed by atoms with van der Waals surface area (Å²) in [7, 11) is 0. The number of hydrogen-bond acceptors (Lipinski definition) is 5. The number of aliphatic hydroxyl groups is 2. The number of unbranched alkanes of at least 4 members (excludes halogenated alkanes) is 59. The summed E-state index contributed by atoms with van der Waals surface area (Å²) in [6.07, 6.45) is 95.4. The van der Waals surface area contributed by atoms with E-state index in [1.165, 1.54) is 360 Å². The Labute approximate surface area is 532 Å². The third kappa shape index (κ3) is 71.3. The number of amides is 1. The summed E-state index contributed by atoms with van der Waals surface area (Å²) in [5.74, 6) is -0.00890. The average molecular weight is 1200 g/mol. The molecule has 6 nitrogen and oxygen atoms in total. The molecule has 0 bridgehead atoms. The van der Waals surface area contributed by atoms with Crippen LogP contribution in [0.1, 0.15) is 444 Å². The van der Waals surface area contributed by atoms with Crippen LogP contribution in [0, 0.1) is 0 Å². The Bertz CT molecular complexity index is 1330. The van der Waals surface area contributed by atoms with Gasteiger partial charge < -0.3 is 20.3 Å². The summed E-state index contributed by atoms with van der Waals surface area (Å²) >= 11 is 0. The summed E-state index contributed by atoms with van der Waals surface area (Å²) in [4.78, 5) is 24.7. The number of allylic oxidation sites excluding steroid dienone is 4. The zero-order valence-electron chi connectivity index (χ0n) is 57.9. The van der Waals surface area contributed by atoms with Crippen LogP contribution in [-0.4, -0.2) is 47.4 Å². The lowest BCUT2D eigenvalue weighted by Crippen LogP contribution is -2.45. The zero-order valence-corrected chi connectivity index (χ0v) is 57.9. The van der Waals surface area contributed by atoms with Crippen LogP contribution in [0.25, 0.3) is 0 Å². The van der Waals surface area contributed by atoms with Crippen molar-refractivity contribution in [3.8, 4) is 0 Å². The lowest BCUT2D eigenvalue weighted by atomic mass is 10.0. The first-order valence-electron chi connectivity index (χ1n) is 39.1. The lowest BCUT2D eigenvalue weighted by Gasteiger charge is -2.22. The molecule has 504 valence electrons. The first-order valence-corrected chi connectivity index (χ1v) is 39.1. The molecule has 6 heteroatoms. The minimum atomic E-state index is -0.662. The molecule has 85 heavy (non-hydrogen) atoms. The van der Waals surface area contributed by atoms with E-state index in [1.54, 1.807) is 0 Å². The molecule has 1 amide bonds.